The topological polar surface area (TPSA) is 155 Å². The van der Waals surface area contributed by atoms with Gasteiger partial charge in [-0.3, -0.25) is 13.6 Å². The zero-order chi connectivity index (χ0) is 16.0. The molecule has 0 aliphatic rings. The van der Waals surface area contributed by atoms with Crippen LogP contribution in [0.3, 0.4) is 0 Å². The van der Waals surface area contributed by atoms with Gasteiger partial charge < -0.3 is 25.3 Å². The van der Waals surface area contributed by atoms with E-state index in [1.165, 1.54) is 12.7 Å². The van der Waals surface area contributed by atoms with Crippen LogP contribution in [0.25, 0.3) is 11.2 Å². The number of rotatable bonds is 9. The van der Waals surface area contributed by atoms with Crippen LogP contribution < -0.4 is 5.73 Å². The molecule has 0 saturated carbocycles. The van der Waals surface area contributed by atoms with Gasteiger partial charge in [0.25, 0.3) is 0 Å². The zero-order valence-corrected chi connectivity index (χ0v) is 12.4. The Morgan fingerprint density at radius 1 is 1.23 bits per heavy atom. The van der Waals surface area contributed by atoms with Crippen molar-refractivity contribution < 1.29 is 28.6 Å². The lowest BCUT2D eigenvalue weighted by Crippen LogP contribution is -2.10. The van der Waals surface area contributed by atoms with Gasteiger partial charge in [-0.05, 0) is 0 Å². The van der Waals surface area contributed by atoms with Gasteiger partial charge in [-0.25, -0.2) is 15.0 Å². The monoisotopic (exact) mass is 333 g/mol. The summed E-state index contributed by atoms with van der Waals surface area (Å²) in [6.45, 7) is -1.08. The number of aromatic nitrogens is 4. The SMILES string of the molecule is Nc1ncnc2c1ncn2CCOCP(=O)(OCO)OCO. The number of anilines is 1. The van der Waals surface area contributed by atoms with Gasteiger partial charge >= 0.3 is 7.60 Å². The molecular weight excluding hydrogens is 317 g/mol. The van der Waals surface area contributed by atoms with E-state index in [0.29, 0.717) is 17.7 Å². The summed E-state index contributed by atoms with van der Waals surface area (Å²) >= 11 is 0. The van der Waals surface area contributed by atoms with E-state index >= 15 is 0 Å². The lowest BCUT2D eigenvalue weighted by Gasteiger charge is -2.15. The lowest BCUT2D eigenvalue weighted by molar-refractivity contribution is 0.0261. The Hall–Kier alpha value is -1.62. The number of aliphatic hydroxyl groups is 2. The summed E-state index contributed by atoms with van der Waals surface area (Å²) < 4.78 is 27.9. The highest BCUT2D eigenvalue weighted by Crippen LogP contribution is 2.47. The van der Waals surface area contributed by atoms with E-state index in [1.807, 2.05) is 0 Å². The Morgan fingerprint density at radius 3 is 2.64 bits per heavy atom. The number of imidazole rings is 1. The maximum atomic E-state index is 11.9. The van der Waals surface area contributed by atoms with Crippen molar-refractivity contribution in [2.24, 2.45) is 0 Å². The van der Waals surface area contributed by atoms with Crippen molar-refractivity contribution in [3.05, 3.63) is 12.7 Å². The van der Waals surface area contributed by atoms with Crippen molar-refractivity contribution in [3.63, 3.8) is 0 Å². The first-order valence-electron chi connectivity index (χ1n) is 6.18. The van der Waals surface area contributed by atoms with Gasteiger partial charge in [0.05, 0.1) is 12.9 Å². The van der Waals surface area contributed by atoms with Crippen LogP contribution in [-0.2, 0) is 24.9 Å². The van der Waals surface area contributed by atoms with Crippen LogP contribution in [0.1, 0.15) is 0 Å². The van der Waals surface area contributed by atoms with Crippen LogP contribution in [0.2, 0.25) is 0 Å². The van der Waals surface area contributed by atoms with Crippen molar-refractivity contribution in [2.75, 3.05) is 32.3 Å². The summed E-state index contributed by atoms with van der Waals surface area (Å²) in [4.78, 5) is 12.0. The summed E-state index contributed by atoms with van der Waals surface area (Å²) in [5.74, 6) is 0.280. The van der Waals surface area contributed by atoms with Gasteiger partial charge in [-0.15, -0.1) is 0 Å². The normalized spacial score (nSPS) is 12.1. The first kappa shape index (κ1) is 16.7. The number of aliphatic hydroxyl groups excluding tert-OH is 2. The average Bonchev–Trinajstić information content (AvgIpc) is 2.89. The van der Waals surface area contributed by atoms with E-state index in [9.17, 15) is 4.57 Å². The Balaban J connectivity index is 1.90. The summed E-state index contributed by atoms with van der Waals surface area (Å²) in [5.41, 5.74) is 6.71. The molecule has 0 amide bonds. The van der Waals surface area contributed by atoms with E-state index < -0.39 is 27.5 Å². The molecule has 2 heterocycles. The second-order valence-corrected chi connectivity index (χ2v) is 6.03. The maximum Gasteiger partial charge on any atom is 0.360 e. The summed E-state index contributed by atoms with van der Waals surface area (Å²) in [6, 6.07) is 0. The molecule has 0 aliphatic heterocycles. The smallest absolute Gasteiger partial charge is 0.360 e. The quantitative estimate of drug-likeness (QED) is 0.311. The van der Waals surface area contributed by atoms with E-state index in [4.69, 9.17) is 20.7 Å². The minimum Gasteiger partial charge on any atom is -0.382 e. The van der Waals surface area contributed by atoms with Gasteiger partial charge in [-0.2, -0.15) is 0 Å². The third-order valence-electron chi connectivity index (χ3n) is 2.66. The highest BCUT2D eigenvalue weighted by molar-refractivity contribution is 7.53. The van der Waals surface area contributed by atoms with Crippen molar-refractivity contribution in [3.8, 4) is 0 Å². The first-order valence-corrected chi connectivity index (χ1v) is 7.91. The molecule has 0 aromatic carbocycles. The third kappa shape index (κ3) is 3.97. The predicted molar refractivity (Wildman–Crippen MR) is 74.5 cm³/mol. The molecule has 0 unspecified atom stereocenters. The van der Waals surface area contributed by atoms with Crippen molar-refractivity contribution in [1.29, 1.82) is 0 Å². The molecular formula is C10H16N5O6P. The van der Waals surface area contributed by atoms with Gasteiger partial charge in [0.1, 0.15) is 18.2 Å². The van der Waals surface area contributed by atoms with Crippen molar-refractivity contribution in [2.45, 2.75) is 6.54 Å². The van der Waals surface area contributed by atoms with Gasteiger partial charge in [-0.1, -0.05) is 0 Å². The van der Waals surface area contributed by atoms with E-state index in [2.05, 4.69) is 24.0 Å². The molecule has 0 fully saturated rings. The minimum atomic E-state index is -3.67. The maximum absolute atomic E-state index is 11.9. The molecule has 2 aromatic heterocycles. The van der Waals surface area contributed by atoms with Crippen LogP contribution in [0.5, 0.6) is 0 Å². The zero-order valence-electron chi connectivity index (χ0n) is 11.5. The Morgan fingerprint density at radius 2 is 1.95 bits per heavy atom. The second kappa shape index (κ2) is 7.58. The summed E-state index contributed by atoms with van der Waals surface area (Å²) in [7, 11) is -3.67. The fraction of sp³-hybridized carbons (Fsp3) is 0.500. The van der Waals surface area contributed by atoms with Crippen molar-refractivity contribution in [1.82, 2.24) is 19.5 Å². The average molecular weight is 333 g/mol. The number of hydrogen-bond donors (Lipinski definition) is 3. The molecule has 0 bridgehead atoms. The van der Waals surface area contributed by atoms with E-state index in [1.54, 1.807) is 4.57 Å². The lowest BCUT2D eigenvalue weighted by atomic mass is 10.5. The van der Waals surface area contributed by atoms with E-state index in [0.717, 1.165) is 0 Å². The molecule has 2 rings (SSSR count). The highest BCUT2D eigenvalue weighted by Gasteiger charge is 2.24. The molecule has 0 aliphatic carbocycles. The van der Waals surface area contributed by atoms with Crippen LogP contribution in [-0.4, -0.2) is 56.3 Å². The molecule has 2 aromatic rings. The summed E-state index contributed by atoms with van der Waals surface area (Å²) in [6.07, 6.45) is 2.46. The fourth-order valence-electron chi connectivity index (χ4n) is 1.69. The summed E-state index contributed by atoms with van der Waals surface area (Å²) in [5, 5.41) is 17.3. The Bertz CT molecular complexity index is 654. The van der Waals surface area contributed by atoms with Gasteiger partial charge in [0, 0.05) is 6.54 Å². The van der Waals surface area contributed by atoms with Crippen LogP contribution >= 0.6 is 7.60 Å². The van der Waals surface area contributed by atoms with E-state index in [-0.39, 0.29) is 12.4 Å². The minimum absolute atomic E-state index is 0.156. The van der Waals surface area contributed by atoms with Crippen LogP contribution in [0.4, 0.5) is 5.82 Å². The van der Waals surface area contributed by atoms with Gasteiger partial charge in [0.15, 0.2) is 25.1 Å². The molecule has 12 heteroatoms. The number of fused-ring (bicyclic) bond motifs is 1. The van der Waals surface area contributed by atoms with Crippen LogP contribution in [0, 0.1) is 0 Å². The molecule has 0 atom stereocenters. The molecule has 22 heavy (non-hydrogen) atoms. The Labute approximate surface area is 125 Å². The Kier molecular flexibility index (Phi) is 5.77. The molecule has 0 radical (unpaired) electrons. The first-order chi connectivity index (χ1) is 10.6. The standard InChI is InChI=1S/C10H16N5O6P/c11-9-8-10(13-3-12-9)15(4-14-8)1-2-19-7-22(18,20-5-16)21-6-17/h3-4,16-17H,1-2,5-7H2,(H2,11,12,13). The fourth-order valence-corrected chi connectivity index (χ4v) is 2.62. The molecule has 0 spiro atoms. The molecule has 0 saturated heterocycles. The largest absolute Gasteiger partial charge is 0.382 e. The number of nitrogens with two attached hydrogens (primary N) is 1. The number of nitrogen functional groups attached to an aromatic ring is 1. The molecule has 11 nitrogen and oxygen atoms in total. The number of ether oxygens (including phenoxy) is 1. The molecule has 122 valence electrons. The van der Waals surface area contributed by atoms with Crippen molar-refractivity contribution >= 4 is 24.6 Å². The highest BCUT2D eigenvalue weighted by atomic mass is 31.2. The number of nitrogens with zero attached hydrogens (tertiary/aromatic N) is 4. The predicted octanol–water partition coefficient (Wildman–Crippen LogP) is -0.492. The van der Waals surface area contributed by atoms with Gasteiger partial charge in [0.2, 0.25) is 0 Å². The molecule has 4 N–H and O–H groups in total. The third-order valence-corrected chi connectivity index (χ3v) is 4.18. The van der Waals surface area contributed by atoms with Crippen LogP contribution in [0.15, 0.2) is 12.7 Å². The number of hydrogen-bond acceptors (Lipinski definition) is 10. The second-order valence-electron chi connectivity index (χ2n) is 4.03.